The first-order chi connectivity index (χ1) is 16.6. The van der Waals surface area contributed by atoms with Gasteiger partial charge in [0.05, 0.1) is 17.3 Å². The zero-order valence-electron chi connectivity index (χ0n) is 19.7. The molecular formula is C24H27ClF2N4O3Si. The van der Waals surface area contributed by atoms with E-state index < -0.39 is 32.3 Å². The van der Waals surface area contributed by atoms with Crippen molar-refractivity contribution in [3.05, 3.63) is 65.2 Å². The Labute approximate surface area is 208 Å². The molecule has 0 bridgehead atoms. The molecule has 2 aromatic heterocycles. The Bertz CT molecular complexity index is 1190. The molecule has 1 aliphatic heterocycles. The van der Waals surface area contributed by atoms with E-state index in [1.165, 1.54) is 21.7 Å². The van der Waals surface area contributed by atoms with E-state index in [4.69, 9.17) is 21.1 Å². The van der Waals surface area contributed by atoms with Gasteiger partial charge in [0.15, 0.2) is 12.3 Å². The summed E-state index contributed by atoms with van der Waals surface area (Å²) in [5.41, 5.74) is 1.58. The number of cyclic esters (lactones) is 1. The predicted octanol–water partition coefficient (Wildman–Crippen LogP) is 6.09. The third-order valence-corrected chi connectivity index (χ3v) is 7.64. The highest BCUT2D eigenvalue weighted by Crippen LogP contribution is 2.34. The minimum Gasteiger partial charge on any atom is -0.438 e. The molecule has 1 aromatic carbocycles. The van der Waals surface area contributed by atoms with E-state index in [1.807, 2.05) is 0 Å². The highest BCUT2D eigenvalue weighted by Gasteiger charge is 2.39. The van der Waals surface area contributed by atoms with Gasteiger partial charge in [0, 0.05) is 38.7 Å². The van der Waals surface area contributed by atoms with E-state index in [0.29, 0.717) is 18.1 Å². The zero-order valence-corrected chi connectivity index (χ0v) is 21.5. The molecule has 3 heterocycles. The number of amides is 1. The molecule has 0 N–H and O–H groups in total. The SMILES string of the molecule is C[Si](C)(C)CCOCn1nc(-c2ccncc2)cc1N1C[C@@H](F)[C@H](c2ccc(Cl)c(F)c2)OC1=O. The van der Waals surface area contributed by atoms with E-state index in [2.05, 4.69) is 29.7 Å². The molecule has 0 unspecified atom stereocenters. The van der Waals surface area contributed by atoms with Crippen LogP contribution in [-0.4, -0.2) is 48.3 Å². The number of rotatable bonds is 8. The molecule has 3 aromatic rings. The lowest BCUT2D eigenvalue weighted by Gasteiger charge is -2.34. The van der Waals surface area contributed by atoms with Crippen LogP contribution in [0.3, 0.4) is 0 Å². The van der Waals surface area contributed by atoms with E-state index in [1.54, 1.807) is 30.6 Å². The number of halogens is 3. The summed E-state index contributed by atoms with van der Waals surface area (Å²) in [7, 11) is -1.29. The Balaban J connectivity index is 1.58. The summed E-state index contributed by atoms with van der Waals surface area (Å²) in [5, 5.41) is 4.50. The van der Waals surface area contributed by atoms with Crippen LogP contribution in [-0.2, 0) is 16.2 Å². The van der Waals surface area contributed by atoms with Crippen molar-refractivity contribution in [2.75, 3.05) is 18.1 Å². The lowest BCUT2D eigenvalue weighted by atomic mass is 10.0. The van der Waals surface area contributed by atoms with Gasteiger partial charge < -0.3 is 9.47 Å². The van der Waals surface area contributed by atoms with Crippen molar-refractivity contribution >= 4 is 31.6 Å². The number of aromatic nitrogens is 3. The molecule has 186 valence electrons. The standard InChI is InChI=1S/C24H27ClF2N4O3Si/c1-35(2,3)11-10-33-15-31-22(13-21(29-31)16-6-8-28-9-7-16)30-14-20(27)23(34-24(30)32)17-4-5-18(25)19(26)12-17/h4-9,12-13,20,23H,10-11,14-15H2,1-3H3/t20-,23+/m1/s1. The molecule has 1 fully saturated rings. The monoisotopic (exact) mass is 520 g/mol. The van der Waals surface area contributed by atoms with Crippen molar-refractivity contribution in [2.45, 2.75) is 44.7 Å². The molecule has 2 atom stereocenters. The van der Waals surface area contributed by atoms with Crippen LogP contribution in [0.5, 0.6) is 0 Å². The highest BCUT2D eigenvalue weighted by atomic mass is 35.5. The normalized spacial score (nSPS) is 18.6. The molecule has 1 aliphatic rings. The summed E-state index contributed by atoms with van der Waals surface area (Å²) in [4.78, 5) is 18.2. The molecular weight excluding hydrogens is 494 g/mol. The topological polar surface area (TPSA) is 69.5 Å². The molecule has 0 radical (unpaired) electrons. The van der Waals surface area contributed by atoms with Gasteiger partial charge in [-0.15, -0.1) is 0 Å². The predicted molar refractivity (Wildman–Crippen MR) is 132 cm³/mol. The van der Waals surface area contributed by atoms with Crippen LogP contribution in [0.2, 0.25) is 30.7 Å². The molecule has 11 heteroatoms. The summed E-state index contributed by atoms with van der Waals surface area (Å²) in [6.07, 6.45) is -0.325. The Kier molecular flexibility index (Phi) is 7.53. The number of carbonyl (C=O) groups excluding carboxylic acids is 1. The second-order valence-corrected chi connectivity index (χ2v) is 15.6. The fourth-order valence-corrected chi connectivity index (χ4v) is 4.53. The van der Waals surface area contributed by atoms with E-state index in [-0.39, 0.29) is 23.9 Å². The lowest BCUT2D eigenvalue weighted by Crippen LogP contribution is -2.46. The fraction of sp³-hybridized carbons (Fsp3) is 0.375. The number of nitrogens with zero attached hydrogens (tertiary/aromatic N) is 4. The van der Waals surface area contributed by atoms with Crippen LogP contribution in [0.25, 0.3) is 11.3 Å². The fourth-order valence-electron chi connectivity index (χ4n) is 3.66. The van der Waals surface area contributed by atoms with Gasteiger partial charge in [0.1, 0.15) is 18.4 Å². The highest BCUT2D eigenvalue weighted by molar-refractivity contribution is 6.76. The summed E-state index contributed by atoms with van der Waals surface area (Å²) in [6, 6.07) is 10.1. The van der Waals surface area contributed by atoms with Crippen LogP contribution in [0.1, 0.15) is 11.7 Å². The first-order valence-corrected chi connectivity index (χ1v) is 15.3. The van der Waals surface area contributed by atoms with E-state index >= 15 is 4.39 Å². The number of ether oxygens (including phenoxy) is 2. The Morgan fingerprint density at radius 3 is 2.63 bits per heavy atom. The maximum atomic E-state index is 15.2. The van der Waals surface area contributed by atoms with Crippen LogP contribution in [0.15, 0.2) is 48.8 Å². The Hall–Kier alpha value is -2.82. The summed E-state index contributed by atoms with van der Waals surface area (Å²) < 4.78 is 41.9. The van der Waals surface area contributed by atoms with Gasteiger partial charge >= 0.3 is 6.09 Å². The maximum Gasteiger partial charge on any atom is 0.416 e. The minimum absolute atomic E-state index is 0.0883. The van der Waals surface area contributed by atoms with Gasteiger partial charge in [0.25, 0.3) is 0 Å². The summed E-state index contributed by atoms with van der Waals surface area (Å²) in [6.45, 7) is 7.13. The van der Waals surface area contributed by atoms with Gasteiger partial charge in [-0.25, -0.2) is 18.3 Å². The van der Waals surface area contributed by atoms with Crippen LogP contribution >= 0.6 is 11.6 Å². The number of benzene rings is 1. The Morgan fingerprint density at radius 2 is 1.94 bits per heavy atom. The molecule has 4 rings (SSSR count). The quantitative estimate of drug-likeness (QED) is 0.266. The smallest absolute Gasteiger partial charge is 0.416 e. The van der Waals surface area contributed by atoms with Crippen molar-refractivity contribution < 1.29 is 23.0 Å². The third-order valence-electron chi connectivity index (χ3n) is 5.63. The van der Waals surface area contributed by atoms with Crippen LogP contribution < -0.4 is 4.90 Å². The van der Waals surface area contributed by atoms with E-state index in [0.717, 1.165) is 17.7 Å². The zero-order chi connectivity index (χ0) is 25.2. The molecule has 35 heavy (non-hydrogen) atoms. The molecule has 0 aliphatic carbocycles. The van der Waals surface area contributed by atoms with Crippen molar-refractivity contribution in [1.29, 1.82) is 0 Å². The van der Waals surface area contributed by atoms with Crippen LogP contribution in [0.4, 0.5) is 19.4 Å². The molecule has 1 amide bonds. The van der Waals surface area contributed by atoms with Crippen molar-refractivity contribution in [2.24, 2.45) is 0 Å². The van der Waals surface area contributed by atoms with Gasteiger partial charge in [-0.1, -0.05) is 37.3 Å². The molecule has 0 spiro atoms. The number of hydrogen-bond donors (Lipinski definition) is 0. The lowest BCUT2D eigenvalue weighted by molar-refractivity contribution is 0.0280. The largest absolute Gasteiger partial charge is 0.438 e. The van der Waals surface area contributed by atoms with Gasteiger partial charge in [0.2, 0.25) is 0 Å². The number of hydrogen-bond acceptors (Lipinski definition) is 5. The first kappa shape index (κ1) is 25.3. The van der Waals surface area contributed by atoms with Crippen molar-refractivity contribution in [3.63, 3.8) is 0 Å². The molecule has 0 saturated carbocycles. The summed E-state index contributed by atoms with van der Waals surface area (Å²) >= 11 is 5.73. The van der Waals surface area contributed by atoms with E-state index in [9.17, 15) is 9.18 Å². The molecule has 1 saturated heterocycles. The van der Waals surface area contributed by atoms with Crippen molar-refractivity contribution in [3.8, 4) is 11.3 Å². The Morgan fingerprint density at radius 1 is 1.20 bits per heavy atom. The number of alkyl halides is 1. The summed E-state index contributed by atoms with van der Waals surface area (Å²) in [5.74, 6) is -0.358. The average Bonchev–Trinajstić information content (AvgIpc) is 3.24. The van der Waals surface area contributed by atoms with Gasteiger partial charge in [-0.3, -0.25) is 9.88 Å². The average molecular weight is 521 g/mol. The number of carbonyl (C=O) groups is 1. The van der Waals surface area contributed by atoms with Gasteiger partial charge in [-0.05, 0) is 35.9 Å². The maximum absolute atomic E-state index is 15.2. The van der Waals surface area contributed by atoms with Crippen LogP contribution in [0, 0.1) is 5.82 Å². The minimum atomic E-state index is -1.60. The first-order valence-electron chi connectivity index (χ1n) is 11.3. The molecule has 7 nitrogen and oxygen atoms in total. The van der Waals surface area contributed by atoms with Crippen molar-refractivity contribution in [1.82, 2.24) is 14.8 Å². The van der Waals surface area contributed by atoms with Gasteiger partial charge in [-0.2, -0.15) is 5.10 Å². The third kappa shape index (κ3) is 6.06. The second-order valence-electron chi connectivity index (χ2n) is 9.58. The second kappa shape index (κ2) is 10.4. The number of pyridine rings is 1. The number of anilines is 1.